The van der Waals surface area contributed by atoms with Gasteiger partial charge in [-0.3, -0.25) is 4.79 Å². The molecule has 0 N–H and O–H groups in total. The molecule has 0 radical (unpaired) electrons. The van der Waals surface area contributed by atoms with E-state index in [2.05, 4.69) is 21.0 Å². The summed E-state index contributed by atoms with van der Waals surface area (Å²) in [4.78, 5) is 30.2. The van der Waals surface area contributed by atoms with E-state index in [0.29, 0.717) is 22.3 Å². The molecule has 2 heterocycles. The molecule has 0 saturated carbocycles. The number of benzene rings is 2. The molecule has 4 rings (SSSR count). The fraction of sp³-hybridized carbons (Fsp3) is 0.259. The number of carbonyl (C=O) groups excluding carboxylic acids is 1. The standard InChI is InChI=1S/C27H27BrN4O3/c1-16-12-19(17(2)31(16)21-9-7-8-18(13-21)25(34)35-6)15-29-32-24(33)22-14-20(28)10-11-23(22)30-26(32)27(3,4)5/h7-15H,1-6H3. The molecule has 0 fully saturated rings. The number of hydrogen-bond acceptors (Lipinski definition) is 5. The van der Waals surface area contributed by atoms with Crippen LogP contribution in [0.3, 0.4) is 0 Å². The van der Waals surface area contributed by atoms with Gasteiger partial charge in [0, 0.05) is 32.5 Å². The van der Waals surface area contributed by atoms with Crippen LogP contribution in [0.4, 0.5) is 0 Å². The van der Waals surface area contributed by atoms with Gasteiger partial charge in [-0.25, -0.2) is 9.78 Å². The van der Waals surface area contributed by atoms with Crippen LogP contribution in [0.25, 0.3) is 16.6 Å². The Morgan fingerprint density at radius 2 is 1.86 bits per heavy atom. The smallest absolute Gasteiger partial charge is 0.337 e. The zero-order valence-electron chi connectivity index (χ0n) is 20.6. The summed E-state index contributed by atoms with van der Waals surface area (Å²) in [5.41, 5.74) is 4.07. The zero-order chi connectivity index (χ0) is 25.5. The van der Waals surface area contributed by atoms with Crippen molar-refractivity contribution in [1.82, 2.24) is 14.2 Å². The van der Waals surface area contributed by atoms with E-state index < -0.39 is 5.41 Å². The number of nitrogens with zero attached hydrogens (tertiary/aromatic N) is 4. The average Bonchev–Trinajstić information content (AvgIpc) is 3.10. The van der Waals surface area contributed by atoms with E-state index in [9.17, 15) is 9.59 Å². The third-order valence-electron chi connectivity index (χ3n) is 5.79. The van der Waals surface area contributed by atoms with Gasteiger partial charge in [0.25, 0.3) is 5.56 Å². The lowest BCUT2D eigenvalue weighted by Gasteiger charge is -2.20. The molecule has 4 aromatic rings. The van der Waals surface area contributed by atoms with Crippen LogP contribution >= 0.6 is 15.9 Å². The fourth-order valence-corrected chi connectivity index (χ4v) is 4.43. The first-order valence-electron chi connectivity index (χ1n) is 11.2. The summed E-state index contributed by atoms with van der Waals surface area (Å²) in [5, 5.41) is 5.10. The summed E-state index contributed by atoms with van der Waals surface area (Å²) in [6.45, 7) is 9.97. The van der Waals surface area contributed by atoms with Gasteiger partial charge in [0.15, 0.2) is 0 Å². The molecule has 2 aromatic heterocycles. The van der Waals surface area contributed by atoms with Gasteiger partial charge in [-0.05, 0) is 56.3 Å². The van der Waals surface area contributed by atoms with Crippen LogP contribution in [0.15, 0.2) is 62.9 Å². The number of fused-ring (bicyclic) bond motifs is 1. The van der Waals surface area contributed by atoms with Gasteiger partial charge >= 0.3 is 5.97 Å². The average molecular weight is 535 g/mol. The van der Waals surface area contributed by atoms with Crippen LogP contribution < -0.4 is 5.56 Å². The molecular weight excluding hydrogens is 508 g/mol. The third kappa shape index (κ3) is 4.71. The van der Waals surface area contributed by atoms with Crippen molar-refractivity contribution >= 4 is 39.0 Å². The molecule has 0 atom stereocenters. The predicted molar refractivity (Wildman–Crippen MR) is 142 cm³/mol. The second kappa shape index (κ2) is 9.26. The van der Waals surface area contributed by atoms with Gasteiger partial charge in [0.05, 0.1) is 29.8 Å². The van der Waals surface area contributed by atoms with Crippen molar-refractivity contribution in [1.29, 1.82) is 0 Å². The normalized spacial score (nSPS) is 12.0. The molecule has 0 aliphatic heterocycles. The highest BCUT2D eigenvalue weighted by molar-refractivity contribution is 9.10. The van der Waals surface area contributed by atoms with E-state index in [1.165, 1.54) is 11.8 Å². The second-order valence-corrected chi connectivity index (χ2v) is 10.3. The Labute approximate surface area is 212 Å². The van der Waals surface area contributed by atoms with Crippen molar-refractivity contribution < 1.29 is 9.53 Å². The van der Waals surface area contributed by atoms with Crippen molar-refractivity contribution in [2.75, 3.05) is 7.11 Å². The van der Waals surface area contributed by atoms with Crippen LogP contribution in [0.5, 0.6) is 0 Å². The Bertz CT molecular complexity index is 1540. The lowest BCUT2D eigenvalue weighted by Crippen LogP contribution is -2.29. The molecule has 0 aliphatic carbocycles. The summed E-state index contributed by atoms with van der Waals surface area (Å²) >= 11 is 3.44. The summed E-state index contributed by atoms with van der Waals surface area (Å²) in [6, 6.07) is 14.7. The maximum absolute atomic E-state index is 13.4. The summed E-state index contributed by atoms with van der Waals surface area (Å²) in [7, 11) is 1.36. The molecule has 7 nitrogen and oxygen atoms in total. The van der Waals surface area contributed by atoms with Crippen molar-refractivity contribution in [3.05, 3.63) is 91.7 Å². The van der Waals surface area contributed by atoms with Gasteiger partial charge in [-0.15, -0.1) is 0 Å². The van der Waals surface area contributed by atoms with Gasteiger partial charge in [-0.1, -0.05) is 42.8 Å². The molecule has 8 heteroatoms. The number of halogens is 1. The molecule has 0 spiro atoms. The number of methoxy groups -OCH3 is 1. The van der Waals surface area contributed by atoms with E-state index in [4.69, 9.17) is 9.72 Å². The minimum absolute atomic E-state index is 0.225. The SMILES string of the molecule is COC(=O)c1cccc(-n2c(C)cc(C=Nn3c(C(C)(C)C)nc4ccc(Br)cc4c3=O)c2C)c1. The Hall–Kier alpha value is -3.52. The van der Waals surface area contributed by atoms with E-state index in [0.717, 1.165) is 27.1 Å². The van der Waals surface area contributed by atoms with Crippen LogP contribution in [0.1, 0.15) is 53.9 Å². The Morgan fingerprint density at radius 3 is 2.54 bits per heavy atom. The second-order valence-electron chi connectivity index (χ2n) is 9.41. The number of hydrogen-bond donors (Lipinski definition) is 0. The highest BCUT2D eigenvalue weighted by Gasteiger charge is 2.23. The van der Waals surface area contributed by atoms with Crippen molar-refractivity contribution in [2.24, 2.45) is 5.10 Å². The molecule has 0 amide bonds. The molecule has 2 aromatic carbocycles. The highest BCUT2D eigenvalue weighted by atomic mass is 79.9. The van der Waals surface area contributed by atoms with Crippen LogP contribution in [0, 0.1) is 13.8 Å². The first-order chi connectivity index (χ1) is 16.5. The first-order valence-corrected chi connectivity index (χ1v) is 12.0. The van der Waals surface area contributed by atoms with Gasteiger partial charge in [0.1, 0.15) is 5.82 Å². The number of aromatic nitrogens is 3. The van der Waals surface area contributed by atoms with Crippen LogP contribution in [0.2, 0.25) is 0 Å². The predicted octanol–water partition coefficient (Wildman–Crippen LogP) is 5.53. The first kappa shape index (κ1) is 24.6. The highest BCUT2D eigenvalue weighted by Crippen LogP contribution is 2.24. The van der Waals surface area contributed by atoms with Gasteiger partial charge in [-0.2, -0.15) is 9.78 Å². The summed E-state index contributed by atoms with van der Waals surface area (Å²) < 4.78 is 9.09. The van der Waals surface area contributed by atoms with Gasteiger partial charge < -0.3 is 9.30 Å². The Balaban J connectivity index is 1.83. The van der Waals surface area contributed by atoms with Crippen molar-refractivity contribution in [2.45, 2.75) is 40.0 Å². The zero-order valence-corrected chi connectivity index (χ0v) is 22.2. The minimum Gasteiger partial charge on any atom is -0.465 e. The van der Waals surface area contributed by atoms with E-state index >= 15 is 0 Å². The number of ether oxygens (including phenoxy) is 1. The number of rotatable bonds is 4. The van der Waals surface area contributed by atoms with Crippen LogP contribution in [-0.4, -0.2) is 33.5 Å². The monoisotopic (exact) mass is 534 g/mol. The van der Waals surface area contributed by atoms with E-state index in [1.54, 1.807) is 24.4 Å². The maximum atomic E-state index is 13.4. The van der Waals surface area contributed by atoms with E-state index in [1.807, 2.05) is 69.5 Å². The maximum Gasteiger partial charge on any atom is 0.337 e. The Kier molecular flexibility index (Phi) is 6.51. The molecule has 0 unspecified atom stereocenters. The molecule has 35 heavy (non-hydrogen) atoms. The number of carbonyl (C=O) groups is 1. The fourth-order valence-electron chi connectivity index (χ4n) is 4.07. The largest absolute Gasteiger partial charge is 0.465 e. The van der Waals surface area contributed by atoms with Crippen molar-refractivity contribution in [3.63, 3.8) is 0 Å². The molecular formula is C27H27BrN4O3. The topological polar surface area (TPSA) is 78.5 Å². The number of aryl methyl sites for hydroxylation is 1. The lowest BCUT2D eigenvalue weighted by molar-refractivity contribution is 0.0600. The van der Waals surface area contributed by atoms with Crippen molar-refractivity contribution in [3.8, 4) is 5.69 Å². The third-order valence-corrected chi connectivity index (χ3v) is 6.28. The Morgan fingerprint density at radius 1 is 1.11 bits per heavy atom. The molecule has 0 bridgehead atoms. The van der Waals surface area contributed by atoms with E-state index in [-0.39, 0.29) is 11.5 Å². The van der Waals surface area contributed by atoms with Crippen LogP contribution in [-0.2, 0) is 10.2 Å². The number of esters is 1. The molecule has 0 aliphatic rings. The quantitative estimate of drug-likeness (QED) is 0.254. The minimum atomic E-state index is -0.400. The lowest BCUT2D eigenvalue weighted by atomic mass is 9.95. The molecule has 180 valence electrons. The summed E-state index contributed by atoms with van der Waals surface area (Å²) in [5.74, 6) is 0.189. The molecule has 0 saturated heterocycles. The van der Waals surface area contributed by atoms with Gasteiger partial charge in [0.2, 0.25) is 0 Å². The summed E-state index contributed by atoms with van der Waals surface area (Å²) in [6.07, 6.45) is 1.69.